The van der Waals surface area contributed by atoms with Gasteiger partial charge in [0.2, 0.25) is 0 Å². The summed E-state index contributed by atoms with van der Waals surface area (Å²) in [6.45, 7) is 0. The highest BCUT2D eigenvalue weighted by atomic mass is 16.3. The van der Waals surface area contributed by atoms with E-state index in [4.69, 9.17) is 19.4 Å². The Morgan fingerprint density at radius 3 is 1.46 bits per heavy atom. The quantitative estimate of drug-likeness (QED) is 0.173. The van der Waals surface area contributed by atoms with Crippen molar-refractivity contribution >= 4 is 39.0 Å². The molecule has 2 heterocycles. The first-order valence-corrected chi connectivity index (χ1v) is 16.6. The molecule has 0 N–H and O–H groups in total. The zero-order chi connectivity index (χ0) is 33.3. The minimum Gasteiger partial charge on any atom is -0.455 e. The van der Waals surface area contributed by atoms with Crippen LogP contribution in [0.4, 0.5) is 17.1 Å². The van der Waals surface area contributed by atoms with Crippen LogP contribution < -0.4 is 4.90 Å². The van der Waals surface area contributed by atoms with Gasteiger partial charge in [-0.05, 0) is 54.1 Å². The molecular weight excluding hydrogens is 613 g/mol. The molecule has 0 aliphatic rings. The van der Waals surface area contributed by atoms with Crippen molar-refractivity contribution in [2.75, 3.05) is 4.90 Å². The van der Waals surface area contributed by atoms with Gasteiger partial charge in [-0.2, -0.15) is 0 Å². The Hall–Kier alpha value is -6.85. The van der Waals surface area contributed by atoms with Gasteiger partial charge in [-0.25, -0.2) is 15.0 Å². The van der Waals surface area contributed by atoms with E-state index in [1.807, 2.05) is 78.9 Å². The van der Waals surface area contributed by atoms with E-state index in [1.54, 1.807) is 0 Å². The fraction of sp³-hybridized carbons (Fsp3) is 0. The van der Waals surface area contributed by atoms with E-state index in [-0.39, 0.29) is 0 Å². The summed E-state index contributed by atoms with van der Waals surface area (Å²) in [7, 11) is 0. The van der Waals surface area contributed by atoms with Gasteiger partial charge in [0.1, 0.15) is 11.2 Å². The molecule has 0 aliphatic heterocycles. The Kier molecular flexibility index (Phi) is 7.41. The molecule has 0 saturated carbocycles. The van der Waals surface area contributed by atoms with Crippen molar-refractivity contribution in [3.63, 3.8) is 0 Å². The summed E-state index contributed by atoms with van der Waals surface area (Å²) in [5, 5.41) is 2.10. The third-order valence-corrected chi connectivity index (χ3v) is 8.90. The van der Waals surface area contributed by atoms with Crippen molar-refractivity contribution in [1.82, 2.24) is 15.0 Å². The summed E-state index contributed by atoms with van der Waals surface area (Å²) in [4.78, 5) is 17.0. The van der Waals surface area contributed by atoms with Crippen LogP contribution in [0.15, 0.2) is 186 Å². The number of aromatic nitrogens is 3. The molecule has 0 fully saturated rings. The van der Waals surface area contributed by atoms with Crippen LogP contribution in [-0.2, 0) is 0 Å². The number of para-hydroxylation sites is 3. The van der Waals surface area contributed by atoms with E-state index in [0.29, 0.717) is 17.5 Å². The number of hydrogen-bond donors (Lipinski definition) is 0. The normalized spacial score (nSPS) is 11.2. The fourth-order valence-corrected chi connectivity index (χ4v) is 6.52. The van der Waals surface area contributed by atoms with Gasteiger partial charge in [0.25, 0.3) is 0 Å². The smallest absolute Gasteiger partial charge is 0.164 e. The molecule has 5 heteroatoms. The number of furan rings is 1. The minimum absolute atomic E-state index is 0.593. The average molecular weight is 643 g/mol. The first-order chi connectivity index (χ1) is 24.8. The molecule has 0 spiro atoms. The lowest BCUT2D eigenvalue weighted by molar-refractivity contribution is 0.670. The summed E-state index contributed by atoms with van der Waals surface area (Å²) < 4.78 is 6.71. The van der Waals surface area contributed by atoms with Gasteiger partial charge < -0.3 is 9.32 Å². The molecule has 0 atom stereocenters. The van der Waals surface area contributed by atoms with Gasteiger partial charge in [-0.3, -0.25) is 0 Å². The van der Waals surface area contributed by atoms with Gasteiger partial charge in [-0.1, -0.05) is 133 Å². The van der Waals surface area contributed by atoms with Gasteiger partial charge in [-0.15, -0.1) is 0 Å². The molecule has 50 heavy (non-hydrogen) atoms. The third kappa shape index (κ3) is 5.47. The van der Waals surface area contributed by atoms with Crippen LogP contribution in [0.3, 0.4) is 0 Å². The third-order valence-electron chi connectivity index (χ3n) is 8.90. The zero-order valence-corrected chi connectivity index (χ0v) is 27.0. The largest absolute Gasteiger partial charge is 0.455 e. The fourth-order valence-electron chi connectivity index (χ4n) is 6.52. The molecule has 0 radical (unpaired) electrons. The number of hydrogen-bond acceptors (Lipinski definition) is 5. The van der Waals surface area contributed by atoms with Crippen molar-refractivity contribution < 1.29 is 4.42 Å². The molecular formula is C45H30N4O. The summed E-state index contributed by atoms with van der Waals surface area (Å²) >= 11 is 0. The van der Waals surface area contributed by atoms with E-state index in [0.717, 1.165) is 66.8 Å². The first kappa shape index (κ1) is 29.3. The van der Waals surface area contributed by atoms with Crippen LogP contribution >= 0.6 is 0 Å². The highest BCUT2D eigenvalue weighted by Crippen LogP contribution is 2.40. The summed E-state index contributed by atoms with van der Waals surface area (Å²) in [6, 6.07) is 62.2. The van der Waals surface area contributed by atoms with Crippen LogP contribution in [0.25, 0.3) is 67.2 Å². The lowest BCUT2D eigenvalue weighted by atomic mass is 10.0. The second kappa shape index (κ2) is 12.6. The van der Waals surface area contributed by atoms with Gasteiger partial charge in [0.15, 0.2) is 17.5 Å². The van der Waals surface area contributed by atoms with Gasteiger partial charge >= 0.3 is 0 Å². The summed E-state index contributed by atoms with van der Waals surface area (Å²) in [5.41, 5.74) is 9.69. The van der Waals surface area contributed by atoms with E-state index in [9.17, 15) is 0 Å². The molecule has 9 rings (SSSR count). The molecule has 7 aromatic carbocycles. The second-order valence-corrected chi connectivity index (χ2v) is 12.1. The Bertz CT molecular complexity index is 2490. The molecule has 0 bridgehead atoms. The molecule has 0 amide bonds. The maximum Gasteiger partial charge on any atom is 0.164 e. The highest BCUT2D eigenvalue weighted by molar-refractivity contribution is 6.10. The Morgan fingerprint density at radius 2 is 0.860 bits per heavy atom. The zero-order valence-electron chi connectivity index (χ0n) is 27.0. The van der Waals surface area contributed by atoms with Crippen molar-refractivity contribution in [2.45, 2.75) is 0 Å². The predicted molar refractivity (Wildman–Crippen MR) is 204 cm³/mol. The van der Waals surface area contributed by atoms with E-state index >= 15 is 0 Å². The SMILES string of the molecule is c1ccc(-c2nc(-c3ccccc3)nc(-c3ccc4c(c3)oc3c(-c5cccc(N(c6ccccc6)c6ccccc6)c5)cccc34)n2)cc1. The number of fused-ring (bicyclic) bond motifs is 3. The van der Waals surface area contributed by atoms with E-state index in [2.05, 4.69) is 108 Å². The van der Waals surface area contributed by atoms with Crippen LogP contribution in [0.1, 0.15) is 0 Å². The lowest BCUT2D eigenvalue weighted by Gasteiger charge is -2.25. The van der Waals surface area contributed by atoms with Gasteiger partial charge in [0.05, 0.1) is 0 Å². The molecule has 0 saturated heterocycles. The maximum absolute atomic E-state index is 6.71. The number of anilines is 3. The second-order valence-electron chi connectivity index (χ2n) is 12.1. The van der Waals surface area contributed by atoms with Crippen LogP contribution in [-0.4, -0.2) is 15.0 Å². The molecule has 0 unspecified atom stereocenters. The van der Waals surface area contributed by atoms with E-state index in [1.165, 1.54) is 0 Å². The van der Waals surface area contributed by atoms with Gasteiger partial charge in [0, 0.05) is 50.1 Å². The number of benzene rings is 7. The molecule has 0 aliphatic carbocycles. The minimum atomic E-state index is 0.593. The molecule has 5 nitrogen and oxygen atoms in total. The van der Waals surface area contributed by atoms with Crippen molar-refractivity contribution in [3.05, 3.63) is 182 Å². The Balaban J connectivity index is 1.15. The lowest BCUT2D eigenvalue weighted by Crippen LogP contribution is -2.09. The number of rotatable bonds is 7. The molecule has 9 aromatic rings. The van der Waals surface area contributed by atoms with Crippen LogP contribution in [0.2, 0.25) is 0 Å². The number of nitrogens with zero attached hydrogens (tertiary/aromatic N) is 4. The van der Waals surface area contributed by atoms with Crippen LogP contribution in [0, 0.1) is 0 Å². The summed E-state index contributed by atoms with van der Waals surface area (Å²) in [5.74, 6) is 1.85. The highest BCUT2D eigenvalue weighted by Gasteiger charge is 2.18. The maximum atomic E-state index is 6.71. The Labute approximate surface area is 289 Å². The topological polar surface area (TPSA) is 55.1 Å². The van der Waals surface area contributed by atoms with Crippen molar-refractivity contribution in [2.24, 2.45) is 0 Å². The monoisotopic (exact) mass is 642 g/mol. The standard InChI is InChI=1S/C45H30N4O/c1-5-15-31(16-6-1)43-46-44(32-17-7-2-8-18-32)48-45(47-43)34-27-28-39-40-26-14-25-38(42(40)50-41(39)30-34)33-19-13-24-37(29-33)49(35-20-9-3-10-21-35)36-22-11-4-12-23-36/h1-30H. The first-order valence-electron chi connectivity index (χ1n) is 16.6. The molecule has 236 valence electrons. The Morgan fingerprint density at radius 1 is 0.360 bits per heavy atom. The predicted octanol–water partition coefficient (Wildman–Crippen LogP) is 11.9. The van der Waals surface area contributed by atoms with E-state index < -0.39 is 0 Å². The van der Waals surface area contributed by atoms with Crippen LogP contribution in [0.5, 0.6) is 0 Å². The van der Waals surface area contributed by atoms with Crippen molar-refractivity contribution in [3.8, 4) is 45.3 Å². The average Bonchev–Trinajstić information content (AvgIpc) is 3.58. The summed E-state index contributed by atoms with van der Waals surface area (Å²) in [6.07, 6.45) is 0. The van der Waals surface area contributed by atoms with Crippen molar-refractivity contribution in [1.29, 1.82) is 0 Å². The molecule has 2 aromatic heterocycles.